The molecule has 0 spiro atoms. The summed E-state index contributed by atoms with van der Waals surface area (Å²) in [7, 11) is 0. The van der Waals surface area contributed by atoms with E-state index >= 15 is 0 Å². The average molecular weight is 317 g/mol. The number of carbonyl (C=O) groups excluding carboxylic acids is 1. The maximum atomic E-state index is 13.6. The SMILES string of the molecule is Cl.O=C(Cc1ccc(F)cc1F)N1CCC2CCC(C1)N2. The highest BCUT2D eigenvalue weighted by Gasteiger charge is 2.31. The van der Waals surface area contributed by atoms with Crippen LogP contribution < -0.4 is 5.32 Å². The van der Waals surface area contributed by atoms with Crippen LogP contribution in [0.5, 0.6) is 0 Å². The molecule has 116 valence electrons. The molecule has 6 heteroatoms. The minimum Gasteiger partial charge on any atom is -0.341 e. The van der Waals surface area contributed by atoms with Crippen LogP contribution in [-0.4, -0.2) is 36.0 Å². The zero-order chi connectivity index (χ0) is 14.1. The number of carbonyl (C=O) groups is 1. The predicted molar refractivity (Wildman–Crippen MR) is 78.5 cm³/mol. The van der Waals surface area contributed by atoms with Crippen LogP contribution >= 0.6 is 12.4 Å². The number of fused-ring (bicyclic) bond motifs is 2. The maximum absolute atomic E-state index is 13.6. The van der Waals surface area contributed by atoms with Gasteiger partial charge in [0.2, 0.25) is 5.91 Å². The molecule has 2 aliphatic heterocycles. The van der Waals surface area contributed by atoms with Crippen molar-refractivity contribution in [3.05, 3.63) is 35.4 Å². The second-order valence-electron chi connectivity index (χ2n) is 5.68. The zero-order valence-electron chi connectivity index (χ0n) is 11.6. The highest BCUT2D eigenvalue weighted by Crippen LogP contribution is 2.21. The Kier molecular flexibility index (Phi) is 5.17. The van der Waals surface area contributed by atoms with Crippen LogP contribution in [0.3, 0.4) is 0 Å². The van der Waals surface area contributed by atoms with E-state index in [1.165, 1.54) is 18.6 Å². The van der Waals surface area contributed by atoms with Crippen molar-refractivity contribution in [2.45, 2.75) is 37.8 Å². The van der Waals surface area contributed by atoms with Crippen LogP contribution in [0.1, 0.15) is 24.8 Å². The fraction of sp³-hybridized carbons (Fsp3) is 0.533. The van der Waals surface area contributed by atoms with Crippen LogP contribution in [0.25, 0.3) is 0 Å². The summed E-state index contributed by atoms with van der Waals surface area (Å²) in [5.74, 6) is -1.34. The summed E-state index contributed by atoms with van der Waals surface area (Å²) in [4.78, 5) is 14.1. The molecule has 2 unspecified atom stereocenters. The topological polar surface area (TPSA) is 32.3 Å². The Morgan fingerprint density at radius 3 is 2.76 bits per heavy atom. The number of nitrogens with zero attached hydrogens (tertiary/aromatic N) is 1. The monoisotopic (exact) mass is 316 g/mol. The normalized spacial score (nSPS) is 24.4. The van der Waals surface area contributed by atoms with Gasteiger partial charge in [0.15, 0.2) is 0 Å². The molecule has 2 fully saturated rings. The van der Waals surface area contributed by atoms with E-state index in [9.17, 15) is 13.6 Å². The van der Waals surface area contributed by atoms with E-state index in [0.717, 1.165) is 25.5 Å². The molecule has 21 heavy (non-hydrogen) atoms. The summed E-state index contributed by atoms with van der Waals surface area (Å²) in [6.45, 7) is 1.41. The Morgan fingerprint density at radius 2 is 2.00 bits per heavy atom. The van der Waals surface area contributed by atoms with E-state index < -0.39 is 11.6 Å². The van der Waals surface area contributed by atoms with Gasteiger partial charge >= 0.3 is 0 Å². The molecule has 1 aromatic rings. The lowest BCUT2D eigenvalue weighted by atomic mass is 10.1. The van der Waals surface area contributed by atoms with Crippen LogP contribution in [0.15, 0.2) is 18.2 Å². The molecule has 3 rings (SSSR count). The van der Waals surface area contributed by atoms with Crippen molar-refractivity contribution < 1.29 is 13.6 Å². The first kappa shape index (κ1) is 16.2. The van der Waals surface area contributed by atoms with Crippen molar-refractivity contribution in [3.8, 4) is 0 Å². The molecule has 2 heterocycles. The zero-order valence-corrected chi connectivity index (χ0v) is 12.5. The lowest BCUT2D eigenvalue weighted by Crippen LogP contribution is -2.39. The number of rotatable bonds is 2. The third-order valence-electron chi connectivity index (χ3n) is 4.23. The van der Waals surface area contributed by atoms with E-state index in [1.807, 2.05) is 0 Å². The number of likely N-dealkylation sites (tertiary alicyclic amines) is 1. The van der Waals surface area contributed by atoms with Crippen molar-refractivity contribution >= 4 is 18.3 Å². The minimum absolute atomic E-state index is 0. The number of hydrogen-bond donors (Lipinski definition) is 1. The first-order valence-corrected chi connectivity index (χ1v) is 7.09. The lowest BCUT2D eigenvalue weighted by molar-refractivity contribution is -0.130. The highest BCUT2D eigenvalue weighted by atomic mass is 35.5. The molecule has 0 aromatic heterocycles. The number of nitrogens with one attached hydrogen (secondary N) is 1. The smallest absolute Gasteiger partial charge is 0.227 e. The van der Waals surface area contributed by atoms with Gasteiger partial charge in [-0.2, -0.15) is 0 Å². The summed E-state index contributed by atoms with van der Waals surface area (Å²) in [6.07, 6.45) is 3.23. The summed E-state index contributed by atoms with van der Waals surface area (Å²) in [5.41, 5.74) is 0.263. The van der Waals surface area contributed by atoms with Gasteiger partial charge in [-0.25, -0.2) is 8.78 Å². The molecule has 0 aliphatic carbocycles. The predicted octanol–water partition coefficient (Wildman–Crippen LogP) is 2.28. The van der Waals surface area contributed by atoms with Gasteiger partial charge in [0.1, 0.15) is 11.6 Å². The summed E-state index contributed by atoms with van der Waals surface area (Å²) in [5, 5.41) is 3.50. The van der Waals surface area contributed by atoms with Crippen molar-refractivity contribution in [3.63, 3.8) is 0 Å². The standard InChI is InChI=1S/C15H18F2N2O.ClH/c16-11-2-1-10(14(17)8-11)7-15(20)19-6-5-12-3-4-13(9-19)18-12;/h1-2,8,12-13,18H,3-7,9H2;1H. The Labute approximate surface area is 129 Å². The van der Waals surface area contributed by atoms with E-state index in [-0.39, 0.29) is 30.3 Å². The second kappa shape index (κ2) is 6.71. The number of halogens is 3. The fourth-order valence-corrected chi connectivity index (χ4v) is 3.11. The molecule has 3 nitrogen and oxygen atoms in total. The number of benzene rings is 1. The highest BCUT2D eigenvalue weighted by molar-refractivity contribution is 5.85. The van der Waals surface area contributed by atoms with E-state index in [1.54, 1.807) is 4.90 Å². The Hall–Kier alpha value is -1.20. The quantitative estimate of drug-likeness (QED) is 0.908. The number of amides is 1. The minimum atomic E-state index is -0.646. The maximum Gasteiger partial charge on any atom is 0.227 e. The third-order valence-corrected chi connectivity index (χ3v) is 4.23. The summed E-state index contributed by atoms with van der Waals surface area (Å²) < 4.78 is 26.4. The van der Waals surface area contributed by atoms with E-state index in [4.69, 9.17) is 0 Å². The molecule has 2 saturated heterocycles. The van der Waals surface area contributed by atoms with Gasteiger partial charge in [-0.15, -0.1) is 12.4 Å². The van der Waals surface area contributed by atoms with Gasteiger partial charge < -0.3 is 10.2 Å². The summed E-state index contributed by atoms with van der Waals surface area (Å²) >= 11 is 0. The van der Waals surface area contributed by atoms with Gasteiger partial charge in [-0.1, -0.05) is 6.07 Å². The van der Waals surface area contributed by atoms with E-state index in [0.29, 0.717) is 18.6 Å². The molecular weight excluding hydrogens is 298 g/mol. The Morgan fingerprint density at radius 1 is 1.24 bits per heavy atom. The van der Waals surface area contributed by atoms with Crippen LogP contribution in [0.4, 0.5) is 8.78 Å². The van der Waals surface area contributed by atoms with Crippen LogP contribution in [-0.2, 0) is 11.2 Å². The fourth-order valence-electron chi connectivity index (χ4n) is 3.11. The van der Waals surface area contributed by atoms with Crippen LogP contribution in [0, 0.1) is 11.6 Å². The molecule has 2 bridgehead atoms. The molecule has 2 aliphatic rings. The van der Waals surface area contributed by atoms with E-state index in [2.05, 4.69) is 5.32 Å². The van der Waals surface area contributed by atoms with Crippen molar-refractivity contribution in [1.29, 1.82) is 0 Å². The third kappa shape index (κ3) is 3.71. The lowest BCUT2D eigenvalue weighted by Gasteiger charge is -2.24. The molecule has 1 aromatic carbocycles. The second-order valence-corrected chi connectivity index (χ2v) is 5.68. The molecule has 1 N–H and O–H groups in total. The van der Waals surface area contributed by atoms with Crippen LogP contribution in [0.2, 0.25) is 0 Å². The van der Waals surface area contributed by atoms with Crippen molar-refractivity contribution in [2.24, 2.45) is 0 Å². The first-order valence-electron chi connectivity index (χ1n) is 7.09. The largest absolute Gasteiger partial charge is 0.341 e. The Balaban J connectivity index is 0.00000161. The van der Waals surface area contributed by atoms with Crippen molar-refractivity contribution in [2.75, 3.05) is 13.1 Å². The molecule has 2 atom stereocenters. The average Bonchev–Trinajstić information content (AvgIpc) is 2.72. The molecule has 1 amide bonds. The summed E-state index contributed by atoms with van der Waals surface area (Å²) in [6, 6.07) is 4.25. The molecule has 0 saturated carbocycles. The van der Waals surface area contributed by atoms with Gasteiger partial charge in [-0.3, -0.25) is 4.79 Å². The molecular formula is C15H19ClF2N2O. The number of hydrogen-bond acceptors (Lipinski definition) is 2. The van der Waals surface area contributed by atoms with Gasteiger partial charge in [0.25, 0.3) is 0 Å². The van der Waals surface area contributed by atoms with Gasteiger partial charge in [-0.05, 0) is 30.9 Å². The van der Waals surface area contributed by atoms with Gasteiger partial charge in [0.05, 0.1) is 6.42 Å². The van der Waals surface area contributed by atoms with Crippen molar-refractivity contribution in [1.82, 2.24) is 10.2 Å². The first-order chi connectivity index (χ1) is 9.61. The molecule has 0 radical (unpaired) electrons. The Bertz CT molecular complexity index is 526. The van der Waals surface area contributed by atoms with Gasteiger partial charge in [0, 0.05) is 31.2 Å².